The topological polar surface area (TPSA) is 49.3 Å². The Balaban J connectivity index is 2.03. The zero-order chi connectivity index (χ0) is 13.0. The summed E-state index contributed by atoms with van der Waals surface area (Å²) in [6, 6.07) is 5.22. The molecule has 1 aliphatic rings. The number of rotatable bonds is 4. The largest absolute Gasteiger partial charge is 0.478 e. The van der Waals surface area contributed by atoms with Crippen LogP contribution in [-0.4, -0.2) is 29.1 Å². The summed E-state index contributed by atoms with van der Waals surface area (Å²) in [7, 11) is 0. The van der Waals surface area contributed by atoms with Gasteiger partial charge in [0.2, 0.25) is 0 Å². The normalized spacial score (nSPS) is 16.5. The zero-order valence-electron chi connectivity index (χ0n) is 9.99. The molecule has 18 heavy (non-hydrogen) atoms. The first-order valence-electron chi connectivity index (χ1n) is 6.01. The standard InChI is InChI=1S/C13H16BrNO2S/c14-10-1-2-11(13(16)17)12(7-10)15-8-9-3-5-18-6-4-9/h1-2,7,9,15H,3-6,8H2,(H,16,17). The second kappa shape index (κ2) is 6.48. The van der Waals surface area contributed by atoms with Gasteiger partial charge in [-0.25, -0.2) is 4.79 Å². The fourth-order valence-electron chi connectivity index (χ4n) is 2.05. The van der Waals surface area contributed by atoms with Gasteiger partial charge in [0, 0.05) is 16.7 Å². The van der Waals surface area contributed by atoms with E-state index in [1.54, 1.807) is 12.1 Å². The van der Waals surface area contributed by atoms with E-state index in [2.05, 4.69) is 21.2 Å². The third kappa shape index (κ3) is 3.65. The molecule has 0 radical (unpaired) electrons. The van der Waals surface area contributed by atoms with Crippen molar-refractivity contribution in [3.63, 3.8) is 0 Å². The number of thioether (sulfide) groups is 1. The number of anilines is 1. The van der Waals surface area contributed by atoms with Gasteiger partial charge in [0.1, 0.15) is 0 Å². The molecule has 1 heterocycles. The summed E-state index contributed by atoms with van der Waals surface area (Å²) in [5.41, 5.74) is 1.04. The number of nitrogens with one attached hydrogen (secondary N) is 1. The molecule has 5 heteroatoms. The Hall–Kier alpha value is -0.680. The fourth-order valence-corrected chi connectivity index (χ4v) is 3.62. The maximum atomic E-state index is 11.1. The first-order valence-corrected chi connectivity index (χ1v) is 7.96. The van der Waals surface area contributed by atoms with Crippen molar-refractivity contribution in [2.75, 3.05) is 23.4 Å². The van der Waals surface area contributed by atoms with Crippen LogP contribution in [0.1, 0.15) is 23.2 Å². The van der Waals surface area contributed by atoms with Crippen molar-refractivity contribution in [2.45, 2.75) is 12.8 Å². The Morgan fingerprint density at radius 2 is 2.17 bits per heavy atom. The van der Waals surface area contributed by atoms with Gasteiger partial charge in [-0.1, -0.05) is 15.9 Å². The molecule has 98 valence electrons. The molecular formula is C13H16BrNO2S. The first-order chi connectivity index (χ1) is 8.66. The van der Waals surface area contributed by atoms with E-state index in [1.165, 1.54) is 24.3 Å². The molecule has 1 aromatic rings. The maximum Gasteiger partial charge on any atom is 0.337 e. The molecule has 0 bridgehead atoms. The number of carboxylic acids is 1. The molecule has 1 fully saturated rings. The van der Waals surface area contributed by atoms with E-state index < -0.39 is 5.97 Å². The molecule has 1 aromatic carbocycles. The molecule has 0 atom stereocenters. The minimum absolute atomic E-state index is 0.336. The second-order valence-electron chi connectivity index (χ2n) is 4.43. The average molecular weight is 330 g/mol. The monoisotopic (exact) mass is 329 g/mol. The summed E-state index contributed by atoms with van der Waals surface area (Å²) in [6.07, 6.45) is 2.43. The van der Waals surface area contributed by atoms with Crippen molar-refractivity contribution in [3.05, 3.63) is 28.2 Å². The third-order valence-corrected chi connectivity index (χ3v) is 4.68. The van der Waals surface area contributed by atoms with Crippen LogP contribution in [0.5, 0.6) is 0 Å². The van der Waals surface area contributed by atoms with Crippen LogP contribution >= 0.6 is 27.7 Å². The molecule has 1 saturated heterocycles. The van der Waals surface area contributed by atoms with Crippen molar-refractivity contribution in [1.29, 1.82) is 0 Å². The number of benzene rings is 1. The van der Waals surface area contributed by atoms with E-state index in [0.29, 0.717) is 17.2 Å². The van der Waals surface area contributed by atoms with Crippen LogP contribution in [0.3, 0.4) is 0 Å². The Morgan fingerprint density at radius 3 is 2.83 bits per heavy atom. The lowest BCUT2D eigenvalue weighted by Crippen LogP contribution is -2.20. The smallest absolute Gasteiger partial charge is 0.337 e. The molecule has 0 unspecified atom stereocenters. The number of aromatic carboxylic acids is 1. The quantitative estimate of drug-likeness (QED) is 0.884. The van der Waals surface area contributed by atoms with E-state index in [9.17, 15) is 4.79 Å². The van der Waals surface area contributed by atoms with E-state index in [0.717, 1.165) is 11.0 Å². The molecule has 0 spiro atoms. The number of hydrogen-bond acceptors (Lipinski definition) is 3. The molecule has 0 amide bonds. The lowest BCUT2D eigenvalue weighted by atomic mass is 10.0. The lowest BCUT2D eigenvalue weighted by Gasteiger charge is -2.22. The van der Waals surface area contributed by atoms with Crippen LogP contribution < -0.4 is 5.32 Å². The van der Waals surface area contributed by atoms with Crippen LogP contribution in [0.25, 0.3) is 0 Å². The molecule has 2 N–H and O–H groups in total. The SMILES string of the molecule is O=C(O)c1ccc(Br)cc1NCC1CCSCC1. The minimum atomic E-state index is -0.885. The molecule has 3 nitrogen and oxygen atoms in total. The summed E-state index contributed by atoms with van der Waals surface area (Å²) in [5.74, 6) is 2.21. The highest BCUT2D eigenvalue weighted by molar-refractivity contribution is 9.10. The Labute approximate surface area is 119 Å². The number of halogens is 1. The number of carboxylic acid groups (broad SMARTS) is 1. The predicted octanol–water partition coefficient (Wildman–Crippen LogP) is 3.70. The molecule has 0 saturated carbocycles. The highest BCUT2D eigenvalue weighted by Crippen LogP contribution is 2.25. The van der Waals surface area contributed by atoms with Gasteiger partial charge < -0.3 is 10.4 Å². The highest BCUT2D eigenvalue weighted by Gasteiger charge is 2.15. The van der Waals surface area contributed by atoms with Crippen molar-refractivity contribution in [3.8, 4) is 0 Å². The van der Waals surface area contributed by atoms with Crippen molar-refractivity contribution in [1.82, 2.24) is 0 Å². The van der Waals surface area contributed by atoms with Gasteiger partial charge in [-0.15, -0.1) is 0 Å². The van der Waals surface area contributed by atoms with Crippen molar-refractivity contribution >= 4 is 39.3 Å². The van der Waals surface area contributed by atoms with Gasteiger partial charge >= 0.3 is 5.97 Å². The first kappa shape index (κ1) is 13.7. The van der Waals surface area contributed by atoms with Crippen LogP contribution in [0.2, 0.25) is 0 Å². The Bertz CT molecular complexity index is 433. The molecule has 2 rings (SSSR count). The van der Waals surface area contributed by atoms with Gasteiger partial charge in [-0.3, -0.25) is 0 Å². The van der Waals surface area contributed by atoms with Gasteiger partial charge in [-0.2, -0.15) is 11.8 Å². The minimum Gasteiger partial charge on any atom is -0.478 e. The summed E-state index contributed by atoms with van der Waals surface area (Å²) in [5, 5.41) is 12.4. The van der Waals surface area contributed by atoms with Crippen molar-refractivity contribution in [2.24, 2.45) is 5.92 Å². The van der Waals surface area contributed by atoms with Gasteiger partial charge in [0.25, 0.3) is 0 Å². The molecule has 1 aliphatic heterocycles. The van der Waals surface area contributed by atoms with Gasteiger partial charge in [-0.05, 0) is 48.5 Å². The maximum absolute atomic E-state index is 11.1. The van der Waals surface area contributed by atoms with E-state index in [-0.39, 0.29) is 0 Å². The zero-order valence-corrected chi connectivity index (χ0v) is 12.4. The summed E-state index contributed by atoms with van der Waals surface area (Å²) in [4.78, 5) is 11.1. The third-order valence-electron chi connectivity index (χ3n) is 3.13. The summed E-state index contributed by atoms with van der Waals surface area (Å²) in [6.45, 7) is 0.858. The Kier molecular flexibility index (Phi) is 4.95. The summed E-state index contributed by atoms with van der Waals surface area (Å²) >= 11 is 5.38. The van der Waals surface area contributed by atoms with Gasteiger partial charge in [0.15, 0.2) is 0 Å². The predicted molar refractivity (Wildman–Crippen MR) is 79.6 cm³/mol. The second-order valence-corrected chi connectivity index (χ2v) is 6.57. The number of hydrogen-bond donors (Lipinski definition) is 2. The van der Waals surface area contributed by atoms with Crippen molar-refractivity contribution < 1.29 is 9.90 Å². The van der Waals surface area contributed by atoms with Crippen LogP contribution in [0.15, 0.2) is 22.7 Å². The molecule has 0 aliphatic carbocycles. The van der Waals surface area contributed by atoms with E-state index in [1.807, 2.05) is 17.8 Å². The van der Waals surface area contributed by atoms with Gasteiger partial charge in [0.05, 0.1) is 5.56 Å². The highest BCUT2D eigenvalue weighted by atomic mass is 79.9. The average Bonchev–Trinajstić information content (AvgIpc) is 2.37. The number of carbonyl (C=O) groups is 1. The molecular weight excluding hydrogens is 314 g/mol. The van der Waals surface area contributed by atoms with E-state index in [4.69, 9.17) is 5.11 Å². The Morgan fingerprint density at radius 1 is 1.44 bits per heavy atom. The summed E-state index contributed by atoms with van der Waals surface area (Å²) < 4.78 is 0.897. The molecule has 0 aromatic heterocycles. The van der Waals surface area contributed by atoms with Crippen LogP contribution in [-0.2, 0) is 0 Å². The van der Waals surface area contributed by atoms with Crippen LogP contribution in [0, 0.1) is 5.92 Å². The van der Waals surface area contributed by atoms with Crippen LogP contribution in [0.4, 0.5) is 5.69 Å². The van der Waals surface area contributed by atoms with E-state index >= 15 is 0 Å². The lowest BCUT2D eigenvalue weighted by molar-refractivity contribution is 0.0698. The fraction of sp³-hybridized carbons (Fsp3) is 0.462.